The van der Waals surface area contributed by atoms with Crippen molar-refractivity contribution in [2.24, 2.45) is 0 Å². The molecule has 3 rings (SSSR count). The van der Waals surface area contributed by atoms with Gasteiger partial charge in [0.1, 0.15) is 0 Å². The molecule has 0 spiro atoms. The fourth-order valence-electron chi connectivity index (χ4n) is 2.41. The Morgan fingerprint density at radius 3 is 2.81 bits per heavy atom. The first kappa shape index (κ1) is 18.5. The van der Waals surface area contributed by atoms with E-state index in [4.69, 9.17) is 0 Å². The molecular weight excluding hydrogens is 366 g/mol. The molecule has 0 atom stereocenters. The van der Waals surface area contributed by atoms with Crippen LogP contribution in [0.3, 0.4) is 0 Å². The second-order valence-electron chi connectivity index (χ2n) is 5.66. The molecule has 0 aliphatic heterocycles. The second-order valence-corrected chi connectivity index (χ2v) is 7.48. The standard InChI is InChI=1S/C18H19N5OS2/c1-12-6-4-9-16(13(12)2)23-18(20-21-22-23)26-11-17(24)19-14-7-5-8-15(10-14)25-3/h4-10H,11H2,1-3H3,(H,19,24). The maximum atomic E-state index is 12.3. The summed E-state index contributed by atoms with van der Waals surface area (Å²) in [4.78, 5) is 13.4. The Hall–Kier alpha value is -2.32. The summed E-state index contributed by atoms with van der Waals surface area (Å²) in [5, 5.41) is 15.4. The fraction of sp³-hybridized carbons (Fsp3) is 0.222. The van der Waals surface area contributed by atoms with Crippen LogP contribution in [0.2, 0.25) is 0 Å². The number of anilines is 1. The number of aryl methyl sites for hydroxylation is 1. The Morgan fingerprint density at radius 2 is 2.00 bits per heavy atom. The average molecular weight is 386 g/mol. The molecule has 1 heterocycles. The molecule has 0 unspecified atom stereocenters. The van der Waals surface area contributed by atoms with Crippen LogP contribution in [0.4, 0.5) is 5.69 Å². The molecule has 1 aromatic heterocycles. The smallest absolute Gasteiger partial charge is 0.234 e. The van der Waals surface area contributed by atoms with Crippen LogP contribution >= 0.6 is 23.5 Å². The minimum Gasteiger partial charge on any atom is -0.325 e. The lowest BCUT2D eigenvalue weighted by Crippen LogP contribution is -2.14. The highest BCUT2D eigenvalue weighted by molar-refractivity contribution is 7.99. The van der Waals surface area contributed by atoms with E-state index < -0.39 is 0 Å². The molecule has 0 radical (unpaired) electrons. The molecule has 1 amide bonds. The first-order valence-corrected chi connectivity index (χ1v) is 10.2. The van der Waals surface area contributed by atoms with Crippen molar-refractivity contribution in [1.82, 2.24) is 20.2 Å². The Kier molecular flexibility index (Phi) is 5.95. The van der Waals surface area contributed by atoms with Gasteiger partial charge in [0.2, 0.25) is 11.1 Å². The quantitative estimate of drug-likeness (QED) is 0.652. The summed E-state index contributed by atoms with van der Waals surface area (Å²) >= 11 is 2.95. The molecule has 0 saturated heterocycles. The van der Waals surface area contributed by atoms with Crippen molar-refractivity contribution < 1.29 is 4.79 Å². The molecule has 26 heavy (non-hydrogen) atoms. The van der Waals surface area contributed by atoms with Crippen LogP contribution in [0.1, 0.15) is 11.1 Å². The largest absolute Gasteiger partial charge is 0.325 e. The van der Waals surface area contributed by atoms with Crippen molar-refractivity contribution in [3.63, 3.8) is 0 Å². The van der Waals surface area contributed by atoms with Gasteiger partial charge < -0.3 is 5.32 Å². The van der Waals surface area contributed by atoms with Gasteiger partial charge in [-0.3, -0.25) is 4.79 Å². The summed E-state index contributed by atoms with van der Waals surface area (Å²) in [7, 11) is 0. The Bertz CT molecular complexity index is 925. The number of nitrogens with one attached hydrogen (secondary N) is 1. The second kappa shape index (κ2) is 8.37. The molecular formula is C18H19N5OS2. The lowest BCUT2D eigenvalue weighted by atomic mass is 10.1. The summed E-state index contributed by atoms with van der Waals surface area (Å²) in [6.07, 6.45) is 2.00. The molecule has 6 nitrogen and oxygen atoms in total. The number of benzene rings is 2. The lowest BCUT2D eigenvalue weighted by Gasteiger charge is -2.10. The minimum absolute atomic E-state index is 0.0937. The van der Waals surface area contributed by atoms with Crippen molar-refractivity contribution in [2.45, 2.75) is 23.9 Å². The highest BCUT2D eigenvalue weighted by Crippen LogP contribution is 2.23. The van der Waals surface area contributed by atoms with E-state index in [1.54, 1.807) is 16.4 Å². The maximum Gasteiger partial charge on any atom is 0.234 e. The van der Waals surface area contributed by atoms with E-state index in [-0.39, 0.29) is 11.7 Å². The van der Waals surface area contributed by atoms with Crippen molar-refractivity contribution in [2.75, 3.05) is 17.3 Å². The predicted octanol–water partition coefficient (Wildman–Crippen LogP) is 3.73. The highest BCUT2D eigenvalue weighted by Gasteiger charge is 2.14. The third-order valence-electron chi connectivity index (χ3n) is 3.93. The normalized spacial score (nSPS) is 10.7. The molecule has 0 aliphatic rings. The average Bonchev–Trinajstić information content (AvgIpc) is 3.11. The van der Waals surface area contributed by atoms with Gasteiger partial charge in [-0.25, -0.2) is 0 Å². The monoisotopic (exact) mass is 385 g/mol. The Labute approximate surface area is 160 Å². The zero-order valence-corrected chi connectivity index (χ0v) is 16.4. The van der Waals surface area contributed by atoms with E-state index in [0.717, 1.165) is 21.8 Å². The topological polar surface area (TPSA) is 72.7 Å². The summed E-state index contributed by atoms with van der Waals surface area (Å²) in [5.74, 6) is 0.137. The van der Waals surface area contributed by atoms with Gasteiger partial charge in [0.15, 0.2) is 0 Å². The Balaban J connectivity index is 1.68. The van der Waals surface area contributed by atoms with Crippen molar-refractivity contribution in [3.05, 3.63) is 53.6 Å². The molecule has 2 aromatic carbocycles. The van der Waals surface area contributed by atoms with Crippen LogP contribution < -0.4 is 5.32 Å². The van der Waals surface area contributed by atoms with Gasteiger partial charge in [-0.2, -0.15) is 4.68 Å². The SMILES string of the molecule is CSc1cccc(NC(=O)CSc2nnnn2-c2cccc(C)c2C)c1. The zero-order valence-electron chi connectivity index (χ0n) is 14.8. The van der Waals surface area contributed by atoms with E-state index >= 15 is 0 Å². The van der Waals surface area contributed by atoms with Gasteiger partial charge >= 0.3 is 0 Å². The van der Waals surface area contributed by atoms with Crippen LogP contribution in [0.5, 0.6) is 0 Å². The van der Waals surface area contributed by atoms with Gasteiger partial charge in [-0.15, -0.1) is 16.9 Å². The van der Waals surface area contributed by atoms with Crippen LogP contribution in [-0.4, -0.2) is 38.1 Å². The number of rotatable bonds is 6. The van der Waals surface area contributed by atoms with Gasteiger partial charge in [-0.05, 0) is 65.9 Å². The molecule has 8 heteroatoms. The summed E-state index contributed by atoms with van der Waals surface area (Å²) < 4.78 is 1.68. The van der Waals surface area contributed by atoms with E-state index in [9.17, 15) is 4.79 Å². The van der Waals surface area contributed by atoms with Crippen LogP contribution in [0.25, 0.3) is 5.69 Å². The highest BCUT2D eigenvalue weighted by atomic mass is 32.2. The lowest BCUT2D eigenvalue weighted by molar-refractivity contribution is -0.113. The summed E-state index contributed by atoms with van der Waals surface area (Å²) in [6, 6.07) is 13.8. The third kappa shape index (κ3) is 4.25. The van der Waals surface area contributed by atoms with Gasteiger partial charge in [0, 0.05) is 10.6 Å². The molecule has 0 saturated carbocycles. The van der Waals surface area contributed by atoms with Crippen molar-refractivity contribution in [3.8, 4) is 5.69 Å². The van der Waals surface area contributed by atoms with Crippen LogP contribution in [0.15, 0.2) is 52.5 Å². The first-order chi connectivity index (χ1) is 12.6. The number of tetrazole rings is 1. The molecule has 0 bridgehead atoms. The minimum atomic E-state index is -0.0937. The van der Waals surface area contributed by atoms with Gasteiger partial charge in [0.05, 0.1) is 11.4 Å². The first-order valence-electron chi connectivity index (χ1n) is 8.00. The molecule has 0 fully saturated rings. The van der Waals surface area contributed by atoms with Crippen molar-refractivity contribution in [1.29, 1.82) is 0 Å². The predicted molar refractivity (Wildman–Crippen MR) is 106 cm³/mol. The van der Waals surface area contributed by atoms with E-state index in [1.165, 1.54) is 17.3 Å². The summed E-state index contributed by atoms with van der Waals surface area (Å²) in [5.41, 5.74) is 3.99. The molecule has 134 valence electrons. The van der Waals surface area contributed by atoms with Crippen molar-refractivity contribution >= 4 is 35.1 Å². The van der Waals surface area contributed by atoms with E-state index in [2.05, 4.69) is 20.8 Å². The fourth-order valence-corrected chi connectivity index (χ4v) is 3.56. The molecule has 1 N–H and O–H groups in total. The van der Waals surface area contributed by atoms with Crippen LogP contribution in [-0.2, 0) is 4.79 Å². The maximum absolute atomic E-state index is 12.3. The number of nitrogens with zero attached hydrogens (tertiary/aromatic N) is 4. The number of thioether (sulfide) groups is 2. The number of amides is 1. The number of hydrogen-bond acceptors (Lipinski definition) is 6. The van der Waals surface area contributed by atoms with Gasteiger partial charge in [0.25, 0.3) is 0 Å². The number of hydrogen-bond donors (Lipinski definition) is 1. The Morgan fingerprint density at radius 1 is 1.19 bits per heavy atom. The third-order valence-corrected chi connectivity index (χ3v) is 5.58. The number of carbonyl (C=O) groups excluding carboxylic acids is 1. The van der Waals surface area contributed by atoms with Crippen LogP contribution in [0, 0.1) is 13.8 Å². The number of carbonyl (C=O) groups is 1. The summed E-state index contributed by atoms with van der Waals surface area (Å²) in [6.45, 7) is 4.08. The molecule has 3 aromatic rings. The van der Waals surface area contributed by atoms with E-state index in [1.807, 2.05) is 62.6 Å². The zero-order chi connectivity index (χ0) is 18.5. The van der Waals surface area contributed by atoms with E-state index in [0.29, 0.717) is 5.16 Å². The number of aromatic nitrogens is 4. The molecule has 0 aliphatic carbocycles. The van der Waals surface area contributed by atoms with Gasteiger partial charge in [-0.1, -0.05) is 30.0 Å².